The number of carbonyl (C=O) groups is 1. The van der Waals surface area contributed by atoms with Crippen molar-refractivity contribution in [1.29, 1.82) is 0 Å². The van der Waals surface area contributed by atoms with E-state index in [-0.39, 0.29) is 18.1 Å². The molecule has 2 aromatic rings. The average Bonchev–Trinajstić information content (AvgIpc) is 3.07. The smallest absolute Gasteiger partial charge is 0.251 e. The fraction of sp³-hybridized carbons (Fsp3) is 0.600. The number of likely N-dealkylation sites (N-methyl/N-ethyl adjacent to an activating group) is 1. The lowest BCUT2D eigenvalue weighted by atomic mass is 10.2. The Morgan fingerprint density at radius 3 is 2.95 bits per heavy atom. The number of nitrogens with zero attached hydrogens (tertiary/aromatic N) is 3. The highest BCUT2D eigenvalue weighted by Gasteiger charge is 2.30. The fourth-order valence-corrected chi connectivity index (χ4v) is 3.72. The summed E-state index contributed by atoms with van der Waals surface area (Å²) < 4.78 is 7.77. The van der Waals surface area contributed by atoms with E-state index in [4.69, 9.17) is 4.74 Å². The number of aryl methyl sites for hydroxylation is 2. The van der Waals surface area contributed by atoms with E-state index < -0.39 is 0 Å². The molecule has 21 heavy (non-hydrogen) atoms. The first-order chi connectivity index (χ1) is 9.95. The van der Waals surface area contributed by atoms with E-state index in [1.54, 1.807) is 16.2 Å². The van der Waals surface area contributed by atoms with E-state index in [9.17, 15) is 4.79 Å². The summed E-state index contributed by atoms with van der Waals surface area (Å²) in [6.45, 7) is 6.65. The van der Waals surface area contributed by atoms with Crippen LogP contribution in [0, 0.1) is 13.8 Å². The first kappa shape index (κ1) is 14.5. The summed E-state index contributed by atoms with van der Waals surface area (Å²) in [7, 11) is 1.84. The maximum Gasteiger partial charge on any atom is 0.251 e. The van der Waals surface area contributed by atoms with E-state index in [1.165, 1.54) is 4.88 Å². The molecule has 2 aromatic heterocycles. The molecular weight excluding hydrogens is 286 g/mol. The third-order valence-electron chi connectivity index (χ3n) is 4.01. The van der Waals surface area contributed by atoms with Crippen LogP contribution in [0.15, 0.2) is 6.20 Å². The third kappa shape index (κ3) is 2.70. The minimum absolute atomic E-state index is 0.0700. The molecule has 0 aromatic carbocycles. The van der Waals surface area contributed by atoms with Crippen molar-refractivity contribution in [3.05, 3.63) is 22.5 Å². The van der Waals surface area contributed by atoms with Crippen LogP contribution in [-0.4, -0.2) is 39.4 Å². The Balaban J connectivity index is 1.78. The minimum atomic E-state index is -0.280. The molecule has 0 bridgehead atoms. The van der Waals surface area contributed by atoms with Crippen LogP contribution in [0.25, 0.3) is 4.96 Å². The molecule has 6 heteroatoms. The van der Waals surface area contributed by atoms with Gasteiger partial charge in [0.1, 0.15) is 6.10 Å². The molecule has 0 spiro atoms. The molecule has 1 amide bonds. The topological polar surface area (TPSA) is 46.8 Å². The molecule has 0 saturated carbocycles. The minimum Gasteiger partial charge on any atom is -0.365 e. The maximum atomic E-state index is 12.4. The van der Waals surface area contributed by atoms with Crippen molar-refractivity contribution >= 4 is 22.2 Å². The van der Waals surface area contributed by atoms with E-state index in [0.29, 0.717) is 6.54 Å². The van der Waals surface area contributed by atoms with Gasteiger partial charge in [-0.3, -0.25) is 9.20 Å². The van der Waals surface area contributed by atoms with Crippen molar-refractivity contribution in [2.24, 2.45) is 0 Å². The van der Waals surface area contributed by atoms with Crippen LogP contribution in [0.1, 0.15) is 36.0 Å². The SMILES string of the molecule is Cc1cn2c(CN(C)C(=O)C3CCC(C)O3)c(C)nc2s1. The van der Waals surface area contributed by atoms with Crippen LogP contribution in [0.3, 0.4) is 0 Å². The zero-order chi connectivity index (χ0) is 15.1. The van der Waals surface area contributed by atoms with E-state index in [1.807, 2.05) is 20.9 Å². The van der Waals surface area contributed by atoms with Gasteiger partial charge in [0.05, 0.1) is 24.0 Å². The number of carbonyl (C=O) groups excluding carboxylic acids is 1. The molecule has 0 N–H and O–H groups in total. The normalized spacial score (nSPS) is 22.1. The molecular formula is C15H21N3O2S. The van der Waals surface area contributed by atoms with Gasteiger partial charge in [0, 0.05) is 18.1 Å². The zero-order valence-electron chi connectivity index (χ0n) is 12.9. The van der Waals surface area contributed by atoms with Gasteiger partial charge in [-0.15, -0.1) is 11.3 Å². The summed E-state index contributed by atoms with van der Waals surface area (Å²) >= 11 is 1.67. The molecule has 1 saturated heterocycles. The van der Waals surface area contributed by atoms with Crippen LogP contribution in [0.2, 0.25) is 0 Å². The first-order valence-corrected chi connectivity index (χ1v) is 8.11. The maximum absolute atomic E-state index is 12.4. The average molecular weight is 307 g/mol. The Hall–Kier alpha value is -1.40. The number of rotatable bonds is 3. The Bertz CT molecular complexity index is 676. The molecule has 1 aliphatic heterocycles. The summed E-state index contributed by atoms with van der Waals surface area (Å²) in [4.78, 5) is 21.0. The number of aromatic nitrogens is 2. The second-order valence-electron chi connectivity index (χ2n) is 5.85. The van der Waals surface area contributed by atoms with Crippen LogP contribution < -0.4 is 0 Å². The lowest BCUT2D eigenvalue weighted by Crippen LogP contribution is -2.36. The molecule has 5 nitrogen and oxygen atoms in total. The molecule has 3 heterocycles. The third-order valence-corrected chi connectivity index (χ3v) is 4.91. The van der Waals surface area contributed by atoms with E-state index in [2.05, 4.69) is 22.5 Å². The molecule has 0 aliphatic carbocycles. The summed E-state index contributed by atoms with van der Waals surface area (Å²) in [6.07, 6.45) is 3.78. The van der Waals surface area contributed by atoms with Crippen molar-refractivity contribution in [1.82, 2.24) is 14.3 Å². The Morgan fingerprint density at radius 2 is 2.29 bits per heavy atom. The van der Waals surface area contributed by atoms with Gasteiger partial charge in [-0.25, -0.2) is 4.98 Å². The predicted octanol–water partition coefficient (Wildman–Crippen LogP) is 2.54. The number of hydrogen-bond acceptors (Lipinski definition) is 4. The van der Waals surface area contributed by atoms with E-state index >= 15 is 0 Å². The highest BCUT2D eigenvalue weighted by Crippen LogP contribution is 2.24. The van der Waals surface area contributed by atoms with E-state index in [0.717, 1.165) is 29.2 Å². The van der Waals surface area contributed by atoms with Crippen LogP contribution in [-0.2, 0) is 16.1 Å². The van der Waals surface area contributed by atoms with Gasteiger partial charge in [-0.1, -0.05) is 0 Å². The number of amides is 1. The van der Waals surface area contributed by atoms with Gasteiger partial charge in [-0.05, 0) is 33.6 Å². The molecule has 1 aliphatic rings. The first-order valence-electron chi connectivity index (χ1n) is 7.30. The second-order valence-corrected chi connectivity index (χ2v) is 7.06. The quantitative estimate of drug-likeness (QED) is 0.875. The molecule has 2 atom stereocenters. The summed E-state index contributed by atoms with van der Waals surface area (Å²) in [5.74, 6) is 0.0700. The van der Waals surface area contributed by atoms with Crippen molar-refractivity contribution < 1.29 is 9.53 Å². The number of fused-ring (bicyclic) bond motifs is 1. The summed E-state index contributed by atoms with van der Waals surface area (Å²) in [5, 5.41) is 0. The Labute approximate surface area is 128 Å². The Kier molecular flexibility index (Phi) is 3.75. The van der Waals surface area contributed by atoms with Gasteiger partial charge in [0.15, 0.2) is 4.96 Å². The Morgan fingerprint density at radius 1 is 1.52 bits per heavy atom. The highest BCUT2D eigenvalue weighted by molar-refractivity contribution is 7.17. The molecule has 1 fully saturated rings. The standard InChI is InChI=1S/C15H21N3O2S/c1-9-5-6-13(20-9)14(19)17(4)8-12-11(3)16-15-18(12)7-10(2)21-15/h7,9,13H,5-6,8H2,1-4H3. The van der Waals surface area contributed by atoms with Gasteiger partial charge < -0.3 is 9.64 Å². The van der Waals surface area contributed by atoms with Crippen LogP contribution >= 0.6 is 11.3 Å². The van der Waals surface area contributed by atoms with Crippen molar-refractivity contribution in [2.45, 2.75) is 52.4 Å². The number of imidazole rings is 1. The molecule has 114 valence electrons. The molecule has 3 rings (SSSR count). The van der Waals surface area contributed by atoms with Gasteiger partial charge in [0.25, 0.3) is 5.91 Å². The van der Waals surface area contributed by atoms with Crippen molar-refractivity contribution in [3.63, 3.8) is 0 Å². The largest absolute Gasteiger partial charge is 0.365 e. The van der Waals surface area contributed by atoms with Gasteiger partial charge in [-0.2, -0.15) is 0 Å². The highest BCUT2D eigenvalue weighted by atomic mass is 32.1. The number of ether oxygens (including phenoxy) is 1. The van der Waals surface area contributed by atoms with Crippen LogP contribution in [0.5, 0.6) is 0 Å². The predicted molar refractivity (Wildman–Crippen MR) is 82.6 cm³/mol. The molecule has 2 unspecified atom stereocenters. The second kappa shape index (κ2) is 5.42. The van der Waals surface area contributed by atoms with Crippen LogP contribution in [0.4, 0.5) is 0 Å². The lowest BCUT2D eigenvalue weighted by molar-refractivity contribution is -0.141. The van der Waals surface area contributed by atoms with Gasteiger partial charge >= 0.3 is 0 Å². The van der Waals surface area contributed by atoms with Crippen molar-refractivity contribution in [2.75, 3.05) is 7.05 Å². The summed E-state index contributed by atoms with van der Waals surface area (Å²) in [6, 6.07) is 0. The number of thiazole rings is 1. The zero-order valence-corrected chi connectivity index (χ0v) is 13.7. The monoisotopic (exact) mass is 307 g/mol. The molecule has 0 radical (unpaired) electrons. The fourth-order valence-electron chi connectivity index (χ4n) is 2.83. The van der Waals surface area contributed by atoms with Crippen molar-refractivity contribution in [3.8, 4) is 0 Å². The lowest BCUT2D eigenvalue weighted by Gasteiger charge is -2.21. The number of hydrogen-bond donors (Lipinski definition) is 0. The summed E-state index contributed by atoms with van der Waals surface area (Å²) in [5.41, 5.74) is 2.07. The van der Waals surface area contributed by atoms with Gasteiger partial charge in [0.2, 0.25) is 0 Å².